The summed E-state index contributed by atoms with van der Waals surface area (Å²) in [6, 6.07) is 45.4. The van der Waals surface area contributed by atoms with Gasteiger partial charge in [-0.05, 0) is 111 Å². The molecule has 5 rings (SSSR count). The summed E-state index contributed by atoms with van der Waals surface area (Å²) in [4.78, 5) is 4.88. The molecule has 0 heterocycles. The van der Waals surface area contributed by atoms with Gasteiger partial charge in [0.25, 0.3) is 0 Å². The molecule has 0 bridgehead atoms. The van der Waals surface area contributed by atoms with E-state index in [1.54, 1.807) is 0 Å². The summed E-state index contributed by atoms with van der Waals surface area (Å²) >= 11 is 0. The van der Waals surface area contributed by atoms with Crippen LogP contribution < -0.4 is 9.80 Å². The van der Waals surface area contributed by atoms with Crippen LogP contribution in [0.25, 0.3) is 0 Å². The van der Waals surface area contributed by atoms with Gasteiger partial charge in [0.15, 0.2) is 0 Å². The molecule has 0 aliphatic heterocycles. The molecule has 0 radical (unpaired) electrons. The lowest BCUT2D eigenvalue weighted by molar-refractivity contribution is 0.830. The maximum absolute atomic E-state index is 2.44. The first-order valence-electron chi connectivity index (χ1n) is 16.4. The highest BCUT2D eigenvalue weighted by Crippen LogP contribution is 2.21. The Hall–Kier alpha value is -4.30. The summed E-state index contributed by atoms with van der Waals surface area (Å²) in [6.45, 7) is 12.6. The minimum atomic E-state index is 0.944. The normalized spacial score (nSPS) is 11.0. The minimum Gasteiger partial charge on any atom is -0.367 e. The van der Waals surface area contributed by atoms with Gasteiger partial charge in [-0.1, -0.05) is 108 Å². The average Bonchev–Trinajstić information content (AvgIpc) is 3.07. The third-order valence-electron chi connectivity index (χ3n) is 8.78. The molecule has 0 saturated carbocycles. The second kappa shape index (κ2) is 15.4. The Kier molecular flexibility index (Phi) is 10.9. The van der Waals surface area contributed by atoms with Crippen LogP contribution in [0.2, 0.25) is 0 Å². The van der Waals surface area contributed by atoms with Crippen molar-refractivity contribution in [3.05, 3.63) is 166 Å². The lowest BCUT2D eigenvalue weighted by Gasteiger charge is -2.23. The van der Waals surface area contributed by atoms with Crippen molar-refractivity contribution < 1.29 is 0 Å². The Morgan fingerprint density at radius 1 is 0.341 bits per heavy atom. The van der Waals surface area contributed by atoms with Gasteiger partial charge in [-0.2, -0.15) is 0 Å². The smallest absolute Gasteiger partial charge is 0.0429 e. The Labute approximate surface area is 266 Å². The molecule has 2 nitrogen and oxygen atoms in total. The molecule has 44 heavy (non-hydrogen) atoms. The van der Waals surface area contributed by atoms with Gasteiger partial charge in [-0.25, -0.2) is 0 Å². The summed E-state index contributed by atoms with van der Waals surface area (Å²) in [5, 5.41) is 0. The lowest BCUT2D eigenvalue weighted by Crippen LogP contribution is -2.21. The zero-order valence-corrected chi connectivity index (χ0v) is 27.1. The molecule has 0 fully saturated rings. The Morgan fingerprint density at radius 2 is 0.591 bits per heavy atom. The number of nitrogens with zero attached hydrogens (tertiary/aromatic N) is 2. The van der Waals surface area contributed by atoms with E-state index in [9.17, 15) is 0 Å². The van der Waals surface area contributed by atoms with E-state index in [0.29, 0.717) is 0 Å². The molecule has 2 heteroatoms. The van der Waals surface area contributed by atoms with Crippen molar-refractivity contribution in [3.8, 4) is 0 Å². The number of benzene rings is 5. The van der Waals surface area contributed by atoms with Crippen LogP contribution >= 0.6 is 0 Å². The van der Waals surface area contributed by atoms with Crippen LogP contribution in [-0.4, -0.2) is 13.1 Å². The molecule has 0 aliphatic rings. The average molecular weight is 581 g/mol. The number of rotatable bonds is 14. The Morgan fingerprint density at radius 3 is 0.864 bits per heavy atom. The van der Waals surface area contributed by atoms with Gasteiger partial charge in [-0.15, -0.1) is 0 Å². The fourth-order valence-electron chi connectivity index (χ4n) is 5.80. The fourth-order valence-corrected chi connectivity index (χ4v) is 5.80. The van der Waals surface area contributed by atoms with Gasteiger partial charge in [0.05, 0.1) is 0 Å². The maximum Gasteiger partial charge on any atom is 0.0429 e. The van der Waals surface area contributed by atoms with E-state index in [1.165, 1.54) is 55.9 Å². The third-order valence-corrected chi connectivity index (χ3v) is 8.78. The van der Waals surface area contributed by atoms with Crippen LogP contribution in [0.15, 0.2) is 121 Å². The van der Waals surface area contributed by atoms with Crippen LogP contribution in [0.3, 0.4) is 0 Å². The number of aryl methyl sites for hydroxylation is 6. The summed E-state index contributed by atoms with van der Waals surface area (Å²) < 4.78 is 0. The first-order chi connectivity index (χ1) is 21.5. The molecule has 226 valence electrons. The van der Waals surface area contributed by atoms with Gasteiger partial charge in [0, 0.05) is 37.6 Å². The summed E-state index contributed by atoms with van der Waals surface area (Å²) in [7, 11) is 0. The van der Waals surface area contributed by atoms with Gasteiger partial charge >= 0.3 is 0 Å². The fraction of sp³-hybridized carbons (Fsp3) is 0.286. The Balaban J connectivity index is 1.08. The van der Waals surface area contributed by atoms with Crippen LogP contribution in [0.5, 0.6) is 0 Å². The molecular weight excluding hydrogens is 532 g/mol. The quantitative estimate of drug-likeness (QED) is 0.129. The molecule has 0 aliphatic carbocycles. The second-order valence-electron chi connectivity index (χ2n) is 12.1. The number of anilines is 2. The highest BCUT2D eigenvalue weighted by Gasteiger charge is 2.08. The van der Waals surface area contributed by atoms with Crippen molar-refractivity contribution in [2.24, 2.45) is 0 Å². The van der Waals surface area contributed by atoms with Crippen molar-refractivity contribution in [3.63, 3.8) is 0 Å². The third kappa shape index (κ3) is 8.86. The lowest BCUT2D eigenvalue weighted by atomic mass is 10.00. The van der Waals surface area contributed by atoms with E-state index in [-0.39, 0.29) is 0 Å². The predicted octanol–water partition coefficient (Wildman–Crippen LogP) is 9.93. The van der Waals surface area contributed by atoms with E-state index in [2.05, 4.69) is 159 Å². The van der Waals surface area contributed by atoms with Gasteiger partial charge < -0.3 is 9.80 Å². The monoisotopic (exact) mass is 580 g/mol. The topological polar surface area (TPSA) is 6.48 Å². The Bertz CT molecular complexity index is 1430. The summed E-state index contributed by atoms with van der Waals surface area (Å²) in [5.41, 5.74) is 13.5. The predicted molar refractivity (Wildman–Crippen MR) is 190 cm³/mol. The first-order valence-corrected chi connectivity index (χ1v) is 16.4. The first kappa shape index (κ1) is 31.1. The second-order valence-corrected chi connectivity index (χ2v) is 12.1. The zero-order valence-electron chi connectivity index (χ0n) is 27.1. The van der Waals surface area contributed by atoms with Crippen molar-refractivity contribution >= 4 is 11.4 Å². The van der Waals surface area contributed by atoms with Gasteiger partial charge in [0.2, 0.25) is 0 Å². The molecule has 0 aromatic heterocycles. The van der Waals surface area contributed by atoms with Crippen molar-refractivity contribution in [1.29, 1.82) is 0 Å². The number of hydrogen-bond acceptors (Lipinski definition) is 2. The molecule has 5 aromatic carbocycles. The molecule has 0 saturated heterocycles. The summed E-state index contributed by atoms with van der Waals surface area (Å²) in [6.07, 6.45) is 4.26. The SMILES string of the molecule is CCN(Cc1ccc(C)cc1)c1ccc(CCc2ccc(CCc3ccc(N(CC)Cc4ccc(C)cc4)cc3)cc2)cc1. The standard InChI is InChI=1S/C42H48N2/c1-5-43(31-39-11-7-33(3)8-12-39)41-27-23-37(24-28-41)21-19-35-15-17-36(18-16-35)20-22-38-25-29-42(30-26-38)44(6-2)32-40-13-9-34(4)10-14-40/h7-18,23-30H,5-6,19-22,31-32H2,1-4H3. The van der Waals surface area contributed by atoms with Crippen molar-refractivity contribution in [2.75, 3.05) is 22.9 Å². The van der Waals surface area contributed by atoms with Crippen LogP contribution in [0, 0.1) is 13.8 Å². The van der Waals surface area contributed by atoms with Gasteiger partial charge in [0.1, 0.15) is 0 Å². The van der Waals surface area contributed by atoms with Gasteiger partial charge in [-0.3, -0.25) is 0 Å². The number of hydrogen-bond donors (Lipinski definition) is 0. The molecule has 0 unspecified atom stereocenters. The zero-order chi connectivity index (χ0) is 30.7. The molecule has 5 aromatic rings. The molecule has 0 atom stereocenters. The van der Waals surface area contributed by atoms with Crippen LogP contribution in [0.1, 0.15) is 58.4 Å². The molecular formula is C42H48N2. The van der Waals surface area contributed by atoms with Crippen molar-refractivity contribution in [1.82, 2.24) is 0 Å². The highest BCUT2D eigenvalue weighted by molar-refractivity contribution is 5.49. The molecule has 0 amide bonds. The van der Waals surface area contributed by atoms with Crippen LogP contribution in [0.4, 0.5) is 11.4 Å². The van der Waals surface area contributed by atoms with E-state index >= 15 is 0 Å². The highest BCUT2D eigenvalue weighted by atomic mass is 15.1. The summed E-state index contributed by atoms with van der Waals surface area (Å²) in [5.74, 6) is 0. The van der Waals surface area contributed by atoms with Crippen molar-refractivity contribution in [2.45, 2.75) is 66.5 Å². The van der Waals surface area contributed by atoms with E-state index in [0.717, 1.165) is 51.9 Å². The maximum atomic E-state index is 2.44. The van der Waals surface area contributed by atoms with E-state index in [1.807, 2.05) is 0 Å². The molecule has 0 spiro atoms. The minimum absolute atomic E-state index is 0.944. The van der Waals surface area contributed by atoms with E-state index < -0.39 is 0 Å². The largest absolute Gasteiger partial charge is 0.367 e. The molecule has 0 N–H and O–H groups in total. The van der Waals surface area contributed by atoms with E-state index in [4.69, 9.17) is 0 Å². The van der Waals surface area contributed by atoms with Crippen LogP contribution in [-0.2, 0) is 38.8 Å².